The zero-order chi connectivity index (χ0) is 14.5. The standard InChI is InChI=1S/C8H13NO9/c10-3(1-2(7(14)15)8(16)17)4(11)5(12)6(13)9-18/h2-5,10-12,18H,1H2,(H,9,13)(H,14,15)(H,16,17)/t3-,4-,5+/m1/s1. The molecule has 104 valence electrons. The van der Waals surface area contributed by atoms with Crippen LogP contribution >= 0.6 is 0 Å². The van der Waals surface area contributed by atoms with Crippen molar-refractivity contribution in [1.82, 2.24) is 5.48 Å². The van der Waals surface area contributed by atoms with Gasteiger partial charge in [-0.2, -0.15) is 0 Å². The molecule has 0 unspecified atom stereocenters. The molecular formula is C8H13NO9. The van der Waals surface area contributed by atoms with Gasteiger partial charge in [0.1, 0.15) is 6.10 Å². The Hall–Kier alpha value is -1.75. The van der Waals surface area contributed by atoms with Crippen LogP contribution < -0.4 is 5.48 Å². The molecule has 0 aromatic rings. The highest BCUT2D eigenvalue weighted by molar-refractivity contribution is 5.92. The van der Waals surface area contributed by atoms with E-state index in [1.54, 1.807) is 0 Å². The summed E-state index contributed by atoms with van der Waals surface area (Å²) in [7, 11) is 0. The summed E-state index contributed by atoms with van der Waals surface area (Å²) < 4.78 is 0. The molecule has 0 spiro atoms. The second-order valence-corrected chi connectivity index (χ2v) is 3.44. The molecule has 0 aliphatic rings. The molecule has 0 aliphatic heterocycles. The van der Waals surface area contributed by atoms with Gasteiger partial charge < -0.3 is 25.5 Å². The number of aliphatic hydroxyl groups excluding tert-OH is 3. The van der Waals surface area contributed by atoms with Crippen LogP contribution in [0.3, 0.4) is 0 Å². The summed E-state index contributed by atoms with van der Waals surface area (Å²) >= 11 is 0. The van der Waals surface area contributed by atoms with Crippen molar-refractivity contribution in [1.29, 1.82) is 0 Å². The smallest absolute Gasteiger partial charge is 0.317 e. The second kappa shape index (κ2) is 6.86. The van der Waals surface area contributed by atoms with Gasteiger partial charge in [0.05, 0.1) is 6.10 Å². The highest BCUT2D eigenvalue weighted by Gasteiger charge is 2.36. The van der Waals surface area contributed by atoms with Crippen LogP contribution in [0.1, 0.15) is 6.42 Å². The van der Waals surface area contributed by atoms with E-state index in [1.165, 1.54) is 0 Å². The Morgan fingerprint density at radius 2 is 1.44 bits per heavy atom. The maximum atomic E-state index is 10.7. The highest BCUT2D eigenvalue weighted by Crippen LogP contribution is 2.13. The topological polar surface area (TPSA) is 185 Å². The number of amides is 1. The SMILES string of the molecule is O=C(O)C(C[C@@H](O)[C@@H](O)[C@H](O)C(=O)NO)C(=O)O. The first-order valence-electron chi connectivity index (χ1n) is 4.66. The van der Waals surface area contributed by atoms with Gasteiger partial charge in [0.25, 0.3) is 5.91 Å². The van der Waals surface area contributed by atoms with Gasteiger partial charge >= 0.3 is 11.9 Å². The molecule has 0 aromatic carbocycles. The summed E-state index contributed by atoms with van der Waals surface area (Å²) in [4.78, 5) is 31.7. The molecule has 0 saturated heterocycles. The summed E-state index contributed by atoms with van der Waals surface area (Å²) in [5.41, 5.74) is 1.01. The van der Waals surface area contributed by atoms with E-state index in [9.17, 15) is 24.6 Å². The Kier molecular flexibility index (Phi) is 6.19. The minimum Gasteiger partial charge on any atom is -0.481 e. The van der Waals surface area contributed by atoms with Crippen LogP contribution in [-0.2, 0) is 14.4 Å². The fourth-order valence-electron chi connectivity index (χ4n) is 1.12. The van der Waals surface area contributed by atoms with Crippen LogP contribution in [-0.4, -0.2) is 66.9 Å². The molecule has 0 fully saturated rings. The fraction of sp³-hybridized carbons (Fsp3) is 0.625. The van der Waals surface area contributed by atoms with Gasteiger partial charge in [-0.15, -0.1) is 0 Å². The average Bonchev–Trinajstić information content (AvgIpc) is 2.31. The van der Waals surface area contributed by atoms with Gasteiger partial charge in [0.15, 0.2) is 12.0 Å². The summed E-state index contributed by atoms with van der Waals surface area (Å²) in [6.45, 7) is 0. The Morgan fingerprint density at radius 1 is 1.00 bits per heavy atom. The van der Waals surface area contributed by atoms with Crippen LogP contribution in [0.15, 0.2) is 0 Å². The molecule has 0 saturated carbocycles. The molecule has 0 aromatic heterocycles. The molecule has 10 nitrogen and oxygen atoms in total. The number of carbonyl (C=O) groups excluding carboxylic acids is 1. The zero-order valence-electron chi connectivity index (χ0n) is 8.92. The van der Waals surface area contributed by atoms with Crippen molar-refractivity contribution in [3.63, 3.8) is 0 Å². The van der Waals surface area contributed by atoms with E-state index in [-0.39, 0.29) is 0 Å². The lowest BCUT2D eigenvalue weighted by Crippen LogP contribution is -2.47. The number of rotatable bonds is 7. The van der Waals surface area contributed by atoms with Crippen molar-refractivity contribution in [2.75, 3.05) is 0 Å². The fourth-order valence-corrected chi connectivity index (χ4v) is 1.12. The molecule has 3 atom stereocenters. The van der Waals surface area contributed by atoms with Crippen LogP contribution in [0.25, 0.3) is 0 Å². The normalized spacial score (nSPS) is 15.8. The molecule has 0 radical (unpaired) electrons. The first-order chi connectivity index (χ1) is 8.22. The Labute approximate surface area is 100 Å². The van der Waals surface area contributed by atoms with Crippen molar-refractivity contribution in [2.24, 2.45) is 5.92 Å². The van der Waals surface area contributed by atoms with E-state index in [0.29, 0.717) is 0 Å². The van der Waals surface area contributed by atoms with Gasteiger partial charge in [-0.05, 0) is 6.42 Å². The number of carbonyl (C=O) groups is 3. The van der Waals surface area contributed by atoms with Gasteiger partial charge in [-0.25, -0.2) is 5.48 Å². The maximum absolute atomic E-state index is 10.7. The third-order valence-electron chi connectivity index (χ3n) is 2.17. The molecular weight excluding hydrogens is 254 g/mol. The zero-order valence-corrected chi connectivity index (χ0v) is 8.92. The summed E-state index contributed by atoms with van der Waals surface area (Å²) in [5.74, 6) is -6.91. The average molecular weight is 267 g/mol. The van der Waals surface area contributed by atoms with Crippen LogP contribution in [0.5, 0.6) is 0 Å². The van der Waals surface area contributed by atoms with Crippen LogP contribution in [0, 0.1) is 5.92 Å². The first-order valence-corrected chi connectivity index (χ1v) is 4.66. The number of aliphatic carboxylic acids is 2. The Balaban J connectivity index is 4.64. The highest BCUT2D eigenvalue weighted by atomic mass is 16.5. The van der Waals surface area contributed by atoms with Gasteiger partial charge in [0.2, 0.25) is 0 Å². The first kappa shape index (κ1) is 16.2. The third kappa shape index (κ3) is 4.25. The van der Waals surface area contributed by atoms with E-state index in [0.717, 1.165) is 5.48 Å². The van der Waals surface area contributed by atoms with E-state index < -0.39 is 48.5 Å². The Bertz CT molecular complexity index is 317. The lowest BCUT2D eigenvalue weighted by atomic mass is 9.96. The molecule has 0 bridgehead atoms. The maximum Gasteiger partial charge on any atom is 0.317 e. The number of hydrogen-bond donors (Lipinski definition) is 7. The van der Waals surface area contributed by atoms with E-state index >= 15 is 0 Å². The van der Waals surface area contributed by atoms with E-state index in [1.807, 2.05) is 0 Å². The molecule has 0 aliphatic carbocycles. The van der Waals surface area contributed by atoms with Crippen molar-refractivity contribution >= 4 is 17.8 Å². The quantitative estimate of drug-likeness (QED) is 0.141. The predicted molar refractivity (Wildman–Crippen MR) is 51.3 cm³/mol. The lowest BCUT2D eigenvalue weighted by molar-refractivity contribution is -0.159. The molecule has 18 heavy (non-hydrogen) atoms. The summed E-state index contributed by atoms with van der Waals surface area (Å²) in [6.07, 6.45) is -7.26. The van der Waals surface area contributed by atoms with Crippen molar-refractivity contribution < 1.29 is 45.1 Å². The lowest BCUT2D eigenvalue weighted by Gasteiger charge is -2.22. The third-order valence-corrected chi connectivity index (χ3v) is 2.17. The summed E-state index contributed by atoms with van der Waals surface area (Å²) in [6, 6.07) is 0. The van der Waals surface area contributed by atoms with Gasteiger partial charge in [-0.3, -0.25) is 19.6 Å². The molecule has 7 N–H and O–H groups in total. The van der Waals surface area contributed by atoms with Crippen molar-refractivity contribution in [3.8, 4) is 0 Å². The van der Waals surface area contributed by atoms with Gasteiger partial charge in [-0.1, -0.05) is 0 Å². The number of nitrogens with one attached hydrogen (secondary N) is 1. The predicted octanol–water partition coefficient (Wildman–Crippen LogP) is -3.25. The second-order valence-electron chi connectivity index (χ2n) is 3.44. The van der Waals surface area contributed by atoms with Crippen molar-refractivity contribution in [2.45, 2.75) is 24.7 Å². The largest absolute Gasteiger partial charge is 0.481 e. The number of carboxylic acid groups (broad SMARTS) is 2. The van der Waals surface area contributed by atoms with Gasteiger partial charge in [0, 0.05) is 0 Å². The number of carboxylic acids is 2. The molecule has 1 amide bonds. The minimum absolute atomic E-state index is 0.915. The molecule has 10 heteroatoms. The molecule has 0 rings (SSSR count). The van der Waals surface area contributed by atoms with Crippen LogP contribution in [0.4, 0.5) is 0 Å². The molecule has 0 heterocycles. The summed E-state index contributed by atoms with van der Waals surface area (Å²) in [5, 5.41) is 52.8. The minimum atomic E-state index is -2.23. The van der Waals surface area contributed by atoms with Crippen LogP contribution in [0.2, 0.25) is 0 Å². The monoisotopic (exact) mass is 267 g/mol. The number of hydrogen-bond acceptors (Lipinski definition) is 7. The number of aliphatic hydroxyl groups is 3. The van der Waals surface area contributed by atoms with Crippen molar-refractivity contribution in [3.05, 3.63) is 0 Å². The Morgan fingerprint density at radius 3 is 1.78 bits per heavy atom. The van der Waals surface area contributed by atoms with E-state index in [2.05, 4.69) is 0 Å². The van der Waals surface area contributed by atoms with E-state index in [4.69, 9.17) is 20.5 Å². The number of hydroxylamine groups is 1.